The Kier molecular flexibility index (Phi) is 6.69. The number of hydrogen-bond donors (Lipinski definition) is 0. The first-order valence-electron chi connectivity index (χ1n) is 12.8. The molecule has 1 heterocycles. The van der Waals surface area contributed by atoms with Crippen LogP contribution in [0.5, 0.6) is 5.75 Å². The molecule has 4 nitrogen and oxygen atoms in total. The third kappa shape index (κ3) is 5.05. The molecule has 6 heteroatoms. The van der Waals surface area contributed by atoms with Crippen molar-refractivity contribution in [1.82, 2.24) is 4.90 Å². The van der Waals surface area contributed by atoms with Crippen molar-refractivity contribution in [3.05, 3.63) is 85.6 Å². The Hall–Kier alpha value is -2.37. The molecule has 2 aliphatic carbocycles. The second-order valence-corrected chi connectivity index (χ2v) is 13.5. The number of rotatable bonds is 4. The van der Waals surface area contributed by atoms with E-state index in [0.717, 1.165) is 51.0 Å². The number of carbonyl (C=O) groups is 2. The van der Waals surface area contributed by atoms with Crippen molar-refractivity contribution in [1.29, 1.82) is 0 Å². The second-order valence-electron chi connectivity index (χ2n) is 12.2. The van der Waals surface area contributed by atoms with E-state index in [1.807, 2.05) is 49.5 Å². The Morgan fingerprint density at radius 3 is 2.08 bits per heavy atom. The van der Waals surface area contributed by atoms with Gasteiger partial charge in [-0.25, -0.2) is 0 Å². The molecule has 194 valence electrons. The normalized spacial score (nSPS) is 21.2. The van der Waals surface area contributed by atoms with E-state index in [1.54, 1.807) is 0 Å². The van der Waals surface area contributed by atoms with Gasteiger partial charge in [-0.3, -0.25) is 9.59 Å². The molecule has 0 spiro atoms. The van der Waals surface area contributed by atoms with Gasteiger partial charge in [-0.05, 0) is 59.6 Å². The van der Waals surface area contributed by atoms with Gasteiger partial charge in [0.25, 0.3) is 0 Å². The monoisotopic (exact) mass is 581 g/mol. The number of carbonyl (C=O) groups excluding carboxylic acids is 2. The Labute approximate surface area is 232 Å². The molecular weight excluding hydrogens is 550 g/mol. The molecule has 5 rings (SSSR count). The van der Waals surface area contributed by atoms with Crippen LogP contribution in [-0.2, 0) is 16.2 Å². The summed E-state index contributed by atoms with van der Waals surface area (Å²) in [5, 5.41) is 0.655. The highest BCUT2D eigenvalue weighted by Gasteiger charge is 2.48. The molecule has 0 aromatic heterocycles. The lowest BCUT2D eigenvalue weighted by atomic mass is 9.63. The fourth-order valence-corrected chi connectivity index (χ4v) is 6.73. The van der Waals surface area contributed by atoms with Crippen molar-refractivity contribution in [3.63, 3.8) is 0 Å². The first-order chi connectivity index (χ1) is 17.3. The Morgan fingerprint density at radius 2 is 1.51 bits per heavy atom. The van der Waals surface area contributed by atoms with Crippen molar-refractivity contribution in [3.8, 4) is 5.75 Å². The topological polar surface area (TPSA) is 46.6 Å². The maximum absolute atomic E-state index is 13.8. The zero-order chi connectivity index (χ0) is 26.7. The number of hydrogen-bond acceptors (Lipinski definition) is 4. The molecule has 0 radical (unpaired) electrons. The number of ketones is 2. The lowest BCUT2D eigenvalue weighted by Gasteiger charge is -2.48. The predicted octanol–water partition coefficient (Wildman–Crippen LogP) is 8.00. The maximum atomic E-state index is 13.8. The van der Waals surface area contributed by atoms with Crippen LogP contribution in [0.3, 0.4) is 0 Å². The van der Waals surface area contributed by atoms with E-state index in [2.05, 4.69) is 48.5 Å². The summed E-state index contributed by atoms with van der Waals surface area (Å²) in [6, 6.07) is 13.5. The smallest absolute Gasteiger partial charge is 0.162 e. The molecule has 2 aromatic carbocycles. The highest BCUT2D eigenvalue weighted by Crippen LogP contribution is 2.55. The highest BCUT2D eigenvalue weighted by atomic mass is 79.9. The van der Waals surface area contributed by atoms with E-state index in [-0.39, 0.29) is 22.4 Å². The summed E-state index contributed by atoms with van der Waals surface area (Å²) in [4.78, 5) is 29.8. The quantitative estimate of drug-likeness (QED) is 0.366. The summed E-state index contributed by atoms with van der Waals surface area (Å²) in [6.45, 7) is 8.93. The average Bonchev–Trinajstić information content (AvgIpc) is 2.78. The zero-order valence-electron chi connectivity index (χ0n) is 22.1. The Morgan fingerprint density at radius 1 is 0.919 bits per heavy atom. The van der Waals surface area contributed by atoms with E-state index in [9.17, 15) is 9.59 Å². The van der Waals surface area contributed by atoms with Gasteiger partial charge >= 0.3 is 0 Å². The van der Waals surface area contributed by atoms with Crippen LogP contribution in [0, 0.1) is 10.8 Å². The minimum atomic E-state index is -0.444. The van der Waals surface area contributed by atoms with Gasteiger partial charge in [0.05, 0.1) is 0 Å². The van der Waals surface area contributed by atoms with Gasteiger partial charge in [0, 0.05) is 63.4 Å². The number of Topliss-reactive ketones (excluding diaryl/α,β-unsaturated/α-hetero) is 2. The van der Waals surface area contributed by atoms with Gasteiger partial charge in [0.2, 0.25) is 0 Å². The van der Waals surface area contributed by atoms with E-state index in [1.165, 1.54) is 0 Å². The fraction of sp³-hybridized carbons (Fsp3) is 0.419. The highest BCUT2D eigenvalue weighted by molar-refractivity contribution is 9.10. The zero-order valence-corrected chi connectivity index (χ0v) is 24.4. The number of nitrogens with zero attached hydrogens (tertiary/aromatic N) is 1. The summed E-state index contributed by atoms with van der Waals surface area (Å²) in [5.41, 5.74) is 5.11. The molecule has 0 fully saturated rings. The second kappa shape index (κ2) is 9.43. The summed E-state index contributed by atoms with van der Waals surface area (Å²) >= 11 is 9.83. The molecule has 0 unspecified atom stereocenters. The SMILES string of the molecule is CN1C2=C(C(=O)CC(C)(C)C2)C(c2cc(Br)ccc2OCc2cccc(Cl)c2)C2=C1CC(C)(C)CC2=O. The number of allylic oxidation sites excluding steroid dienone is 4. The van der Waals surface area contributed by atoms with Crippen LogP contribution < -0.4 is 4.74 Å². The fourth-order valence-electron chi connectivity index (χ4n) is 6.14. The van der Waals surface area contributed by atoms with Gasteiger partial charge in [0.1, 0.15) is 12.4 Å². The summed E-state index contributed by atoms with van der Waals surface area (Å²) in [5.74, 6) is 0.466. The number of ether oxygens (including phenoxy) is 1. The lowest BCUT2D eigenvalue weighted by Crippen LogP contribution is -2.43. The maximum Gasteiger partial charge on any atom is 0.162 e. The molecule has 0 saturated heterocycles. The van der Waals surface area contributed by atoms with Gasteiger partial charge in [-0.1, -0.05) is 67.4 Å². The molecule has 0 saturated carbocycles. The molecule has 0 amide bonds. The minimum absolute atomic E-state index is 0.119. The van der Waals surface area contributed by atoms with Crippen molar-refractivity contribution >= 4 is 39.1 Å². The van der Waals surface area contributed by atoms with Crippen LogP contribution in [0.15, 0.2) is 69.5 Å². The summed E-state index contributed by atoms with van der Waals surface area (Å²) < 4.78 is 7.25. The lowest BCUT2D eigenvalue weighted by molar-refractivity contribution is -0.119. The largest absolute Gasteiger partial charge is 0.489 e. The van der Waals surface area contributed by atoms with E-state index < -0.39 is 5.92 Å². The molecule has 1 aliphatic heterocycles. The predicted molar refractivity (Wildman–Crippen MR) is 151 cm³/mol. The first kappa shape index (κ1) is 26.2. The van der Waals surface area contributed by atoms with Crippen LogP contribution >= 0.6 is 27.5 Å². The first-order valence-corrected chi connectivity index (χ1v) is 14.0. The van der Waals surface area contributed by atoms with Gasteiger partial charge in [-0.15, -0.1) is 0 Å². The standard InChI is InChI=1S/C31H33BrClNO3/c1-30(2)13-22-28(24(35)15-30)27(29-23(34(22)5)14-31(3,4)16-25(29)36)21-12-19(32)9-10-26(21)37-17-18-7-6-8-20(33)11-18/h6-12,27H,13-17H2,1-5H3. The van der Waals surface area contributed by atoms with Crippen molar-refractivity contribution in [2.24, 2.45) is 10.8 Å². The van der Waals surface area contributed by atoms with Crippen molar-refractivity contribution in [2.45, 2.75) is 65.9 Å². The Balaban J connectivity index is 1.67. The number of halogens is 2. The summed E-state index contributed by atoms with van der Waals surface area (Å²) in [6.07, 6.45) is 2.51. The molecule has 0 bridgehead atoms. The van der Waals surface area contributed by atoms with Crippen LogP contribution in [0.1, 0.15) is 70.4 Å². The molecule has 37 heavy (non-hydrogen) atoms. The summed E-state index contributed by atoms with van der Waals surface area (Å²) in [7, 11) is 2.03. The van der Waals surface area contributed by atoms with Gasteiger partial charge < -0.3 is 9.64 Å². The molecule has 0 atom stereocenters. The number of benzene rings is 2. The molecule has 3 aliphatic rings. The third-order valence-electron chi connectivity index (χ3n) is 7.75. The molecular formula is C31H33BrClNO3. The van der Waals surface area contributed by atoms with Gasteiger partial charge in [-0.2, -0.15) is 0 Å². The minimum Gasteiger partial charge on any atom is -0.489 e. The van der Waals surface area contributed by atoms with Gasteiger partial charge in [0.15, 0.2) is 11.6 Å². The molecule has 2 aromatic rings. The van der Waals surface area contributed by atoms with Crippen LogP contribution in [0.25, 0.3) is 0 Å². The Bertz CT molecular complexity index is 1320. The van der Waals surface area contributed by atoms with E-state index in [0.29, 0.717) is 30.2 Å². The third-order valence-corrected chi connectivity index (χ3v) is 8.47. The molecule has 0 N–H and O–H groups in total. The van der Waals surface area contributed by atoms with Crippen LogP contribution in [0.2, 0.25) is 5.02 Å². The van der Waals surface area contributed by atoms with Crippen molar-refractivity contribution in [2.75, 3.05) is 7.05 Å². The van der Waals surface area contributed by atoms with E-state index in [4.69, 9.17) is 16.3 Å². The van der Waals surface area contributed by atoms with Crippen LogP contribution in [-0.4, -0.2) is 23.5 Å². The van der Waals surface area contributed by atoms with E-state index >= 15 is 0 Å². The van der Waals surface area contributed by atoms with Crippen molar-refractivity contribution < 1.29 is 14.3 Å². The average molecular weight is 583 g/mol. The van der Waals surface area contributed by atoms with Crippen LogP contribution in [0.4, 0.5) is 0 Å².